The Morgan fingerprint density at radius 2 is 1.64 bits per heavy atom. The molecule has 0 saturated heterocycles. The molecule has 4 unspecified atom stereocenters. The Hall–Kier alpha value is -0.0400. The second-order valence-corrected chi connectivity index (χ2v) is 6.01. The van der Waals surface area contributed by atoms with Crippen molar-refractivity contribution in [2.45, 2.75) is 44.9 Å². The maximum absolute atomic E-state index is 5.77. The highest BCUT2D eigenvalue weighted by Gasteiger charge is 2.44. The molecule has 1 nitrogen and oxygen atoms in total. The lowest BCUT2D eigenvalue weighted by Crippen LogP contribution is -2.20. The third-order valence-corrected chi connectivity index (χ3v) is 5.31. The monoisotopic (exact) mass is 193 g/mol. The van der Waals surface area contributed by atoms with Gasteiger partial charge in [0, 0.05) is 0 Å². The van der Waals surface area contributed by atoms with Crippen LogP contribution in [0.5, 0.6) is 0 Å². The van der Waals surface area contributed by atoms with Crippen LogP contribution in [0, 0.1) is 29.6 Å². The summed E-state index contributed by atoms with van der Waals surface area (Å²) >= 11 is 0. The molecule has 1 heteroatoms. The van der Waals surface area contributed by atoms with Crippen molar-refractivity contribution < 1.29 is 0 Å². The van der Waals surface area contributed by atoms with Crippen molar-refractivity contribution >= 4 is 0 Å². The van der Waals surface area contributed by atoms with Crippen molar-refractivity contribution in [3.63, 3.8) is 0 Å². The fourth-order valence-corrected chi connectivity index (χ4v) is 4.59. The van der Waals surface area contributed by atoms with Crippen molar-refractivity contribution in [2.75, 3.05) is 6.54 Å². The maximum Gasteiger partial charge on any atom is -0.00488 e. The van der Waals surface area contributed by atoms with Gasteiger partial charge in [-0.1, -0.05) is 6.42 Å². The Labute approximate surface area is 87.4 Å². The van der Waals surface area contributed by atoms with E-state index in [9.17, 15) is 0 Å². The van der Waals surface area contributed by atoms with Crippen LogP contribution in [-0.2, 0) is 0 Å². The fourth-order valence-electron chi connectivity index (χ4n) is 4.59. The van der Waals surface area contributed by atoms with Gasteiger partial charge in [-0.05, 0) is 74.7 Å². The normalized spacial score (nSPS) is 51.6. The first-order valence-corrected chi connectivity index (χ1v) is 6.57. The molecular formula is C13H23N. The number of nitrogens with two attached hydrogens (primary N) is 1. The zero-order valence-corrected chi connectivity index (χ0v) is 9.12. The van der Waals surface area contributed by atoms with Crippen molar-refractivity contribution in [1.82, 2.24) is 0 Å². The summed E-state index contributed by atoms with van der Waals surface area (Å²) < 4.78 is 0. The van der Waals surface area contributed by atoms with E-state index < -0.39 is 0 Å². The molecule has 0 heterocycles. The molecule has 0 aromatic carbocycles. The van der Waals surface area contributed by atoms with E-state index in [1.165, 1.54) is 19.3 Å². The molecule has 5 atom stereocenters. The molecule has 2 N–H and O–H groups in total. The van der Waals surface area contributed by atoms with Crippen LogP contribution in [0.4, 0.5) is 0 Å². The van der Waals surface area contributed by atoms with Gasteiger partial charge in [0.15, 0.2) is 0 Å². The van der Waals surface area contributed by atoms with E-state index in [2.05, 4.69) is 0 Å². The Kier molecular flexibility index (Phi) is 2.31. The van der Waals surface area contributed by atoms with Gasteiger partial charge >= 0.3 is 0 Å². The molecule has 0 amide bonds. The number of hydrogen-bond donors (Lipinski definition) is 1. The van der Waals surface area contributed by atoms with Gasteiger partial charge in [-0.2, -0.15) is 0 Å². The predicted molar refractivity (Wildman–Crippen MR) is 58.8 cm³/mol. The fraction of sp³-hybridized carbons (Fsp3) is 1.00. The minimum Gasteiger partial charge on any atom is -0.330 e. The quantitative estimate of drug-likeness (QED) is 0.717. The Morgan fingerprint density at radius 3 is 2.21 bits per heavy atom. The van der Waals surface area contributed by atoms with E-state index in [1.807, 2.05) is 0 Å². The maximum atomic E-state index is 5.77. The lowest BCUT2D eigenvalue weighted by Gasteiger charge is -2.27. The van der Waals surface area contributed by atoms with Gasteiger partial charge in [-0.25, -0.2) is 0 Å². The van der Waals surface area contributed by atoms with Crippen LogP contribution in [0.25, 0.3) is 0 Å². The first-order chi connectivity index (χ1) is 6.86. The smallest absolute Gasteiger partial charge is 0.00488 e. The molecule has 3 aliphatic rings. The topological polar surface area (TPSA) is 26.0 Å². The molecule has 3 rings (SSSR count). The third-order valence-electron chi connectivity index (χ3n) is 5.31. The standard InChI is InChI=1S/C13H23N/c14-8-10-2-4-12(6-10)13-7-9-1-3-11(13)5-9/h9-13H,1-8,14H2/t9-,10?,11?,12?,13?/m0/s1. The van der Waals surface area contributed by atoms with Gasteiger partial charge in [0.25, 0.3) is 0 Å². The van der Waals surface area contributed by atoms with E-state index >= 15 is 0 Å². The molecule has 0 spiro atoms. The second kappa shape index (κ2) is 3.52. The largest absolute Gasteiger partial charge is 0.330 e. The number of hydrogen-bond acceptors (Lipinski definition) is 1. The molecule has 0 aromatic heterocycles. The summed E-state index contributed by atoms with van der Waals surface area (Å²) in [4.78, 5) is 0. The Morgan fingerprint density at radius 1 is 0.857 bits per heavy atom. The molecule has 3 fully saturated rings. The Bertz CT molecular complexity index is 213. The zero-order valence-electron chi connectivity index (χ0n) is 9.12. The summed E-state index contributed by atoms with van der Waals surface area (Å²) in [6, 6.07) is 0. The summed E-state index contributed by atoms with van der Waals surface area (Å²) in [5.41, 5.74) is 5.77. The number of rotatable bonds is 2. The van der Waals surface area contributed by atoms with Gasteiger partial charge in [0.1, 0.15) is 0 Å². The molecule has 0 aliphatic heterocycles. The van der Waals surface area contributed by atoms with Crippen LogP contribution in [0.3, 0.4) is 0 Å². The first kappa shape index (κ1) is 9.21. The van der Waals surface area contributed by atoms with Crippen LogP contribution >= 0.6 is 0 Å². The summed E-state index contributed by atoms with van der Waals surface area (Å²) in [5, 5.41) is 0. The van der Waals surface area contributed by atoms with Crippen molar-refractivity contribution in [1.29, 1.82) is 0 Å². The summed E-state index contributed by atoms with van der Waals surface area (Å²) in [6.45, 7) is 0.942. The molecule has 14 heavy (non-hydrogen) atoms. The van der Waals surface area contributed by atoms with E-state index in [4.69, 9.17) is 5.73 Å². The van der Waals surface area contributed by atoms with Gasteiger partial charge in [-0.15, -0.1) is 0 Å². The van der Waals surface area contributed by atoms with E-state index in [1.54, 1.807) is 25.7 Å². The van der Waals surface area contributed by atoms with Crippen molar-refractivity contribution in [3.05, 3.63) is 0 Å². The van der Waals surface area contributed by atoms with E-state index in [0.29, 0.717) is 0 Å². The zero-order chi connectivity index (χ0) is 9.54. The average Bonchev–Trinajstić information content (AvgIpc) is 2.93. The van der Waals surface area contributed by atoms with Crippen molar-refractivity contribution in [2.24, 2.45) is 35.3 Å². The van der Waals surface area contributed by atoms with E-state index in [-0.39, 0.29) is 0 Å². The molecule has 3 aliphatic carbocycles. The summed E-state index contributed by atoms with van der Waals surface area (Å²) in [6.07, 6.45) is 10.6. The predicted octanol–water partition coefficient (Wildman–Crippen LogP) is 2.80. The molecule has 3 saturated carbocycles. The van der Waals surface area contributed by atoms with E-state index in [0.717, 1.165) is 36.1 Å². The van der Waals surface area contributed by atoms with Gasteiger partial charge in [-0.3, -0.25) is 0 Å². The number of fused-ring (bicyclic) bond motifs is 2. The lowest BCUT2D eigenvalue weighted by molar-refractivity contribution is 0.226. The minimum absolute atomic E-state index is 0.874. The SMILES string of the molecule is NCC1CCC(C2C[C@H]3CCC2C3)C1. The summed E-state index contributed by atoms with van der Waals surface area (Å²) in [5.74, 6) is 5.31. The molecule has 0 radical (unpaired) electrons. The second-order valence-electron chi connectivity index (χ2n) is 6.01. The van der Waals surface area contributed by atoms with Crippen LogP contribution in [0.1, 0.15) is 44.9 Å². The van der Waals surface area contributed by atoms with Gasteiger partial charge in [0.05, 0.1) is 0 Å². The van der Waals surface area contributed by atoms with Crippen molar-refractivity contribution in [3.8, 4) is 0 Å². The van der Waals surface area contributed by atoms with Crippen LogP contribution < -0.4 is 5.73 Å². The van der Waals surface area contributed by atoms with Gasteiger partial charge < -0.3 is 5.73 Å². The summed E-state index contributed by atoms with van der Waals surface area (Å²) in [7, 11) is 0. The average molecular weight is 193 g/mol. The minimum atomic E-state index is 0.874. The third kappa shape index (κ3) is 1.41. The van der Waals surface area contributed by atoms with Crippen LogP contribution in [0.15, 0.2) is 0 Å². The molecular weight excluding hydrogens is 170 g/mol. The molecule has 80 valence electrons. The Balaban J connectivity index is 1.62. The van der Waals surface area contributed by atoms with Gasteiger partial charge in [0.2, 0.25) is 0 Å². The first-order valence-electron chi connectivity index (χ1n) is 6.57. The highest BCUT2D eigenvalue weighted by atomic mass is 14.6. The highest BCUT2D eigenvalue weighted by molar-refractivity contribution is 4.95. The highest BCUT2D eigenvalue weighted by Crippen LogP contribution is 2.54. The van der Waals surface area contributed by atoms with Crippen LogP contribution in [0.2, 0.25) is 0 Å². The van der Waals surface area contributed by atoms with Crippen LogP contribution in [-0.4, -0.2) is 6.54 Å². The lowest BCUT2D eigenvalue weighted by atomic mass is 9.78. The molecule has 0 aromatic rings. The molecule has 2 bridgehead atoms.